The summed E-state index contributed by atoms with van der Waals surface area (Å²) in [5, 5.41) is 18.1. The Morgan fingerprint density at radius 1 is 0.890 bits per heavy atom. The van der Waals surface area contributed by atoms with Crippen LogP contribution in [0.4, 0.5) is 22.0 Å². The van der Waals surface area contributed by atoms with Gasteiger partial charge in [-0.1, -0.05) is 51.1 Å². The highest BCUT2D eigenvalue weighted by atomic mass is 19.4. The van der Waals surface area contributed by atoms with Gasteiger partial charge in [-0.25, -0.2) is 18.6 Å². The first kappa shape index (κ1) is 57.7. The molecule has 5 amide bonds. The number of benzene rings is 2. The van der Waals surface area contributed by atoms with Crippen molar-refractivity contribution in [3.8, 4) is 11.3 Å². The number of imide groups is 1. The van der Waals surface area contributed by atoms with Crippen molar-refractivity contribution in [2.45, 2.75) is 58.0 Å². The lowest BCUT2D eigenvalue weighted by Gasteiger charge is -2.34. The number of halogens is 5. The van der Waals surface area contributed by atoms with E-state index in [1.807, 2.05) is 51.1 Å². The molecule has 2 aromatic carbocycles. The summed E-state index contributed by atoms with van der Waals surface area (Å²) in [5.74, 6) is -8.32. The number of hydrogen-bond acceptors (Lipinski definition) is 14. The molecule has 3 heterocycles. The van der Waals surface area contributed by atoms with Gasteiger partial charge in [-0.05, 0) is 41.0 Å². The molecule has 24 heteroatoms. The minimum atomic E-state index is -5.31. The van der Waals surface area contributed by atoms with Gasteiger partial charge in [0.1, 0.15) is 23.6 Å². The second kappa shape index (κ2) is 27.2. The molecule has 73 heavy (non-hydrogen) atoms. The number of esters is 1. The Morgan fingerprint density at radius 2 is 1.51 bits per heavy atom. The largest absolute Gasteiger partial charge is 0.490 e. The van der Waals surface area contributed by atoms with Gasteiger partial charge in [0.05, 0.1) is 64.5 Å². The fourth-order valence-electron chi connectivity index (χ4n) is 8.15. The molecule has 0 bridgehead atoms. The topological polar surface area (TPSA) is 243 Å². The van der Waals surface area contributed by atoms with Gasteiger partial charge in [0.25, 0.3) is 17.7 Å². The Kier molecular flexibility index (Phi) is 21.5. The first-order valence-corrected chi connectivity index (χ1v) is 23.6. The van der Waals surface area contributed by atoms with Gasteiger partial charge in [0, 0.05) is 76.1 Å². The molecule has 1 aromatic heterocycles. The van der Waals surface area contributed by atoms with E-state index in [1.165, 1.54) is 0 Å². The van der Waals surface area contributed by atoms with E-state index in [9.17, 15) is 51.4 Å². The molecule has 5 atom stereocenters. The van der Waals surface area contributed by atoms with Gasteiger partial charge >= 0.3 is 12.1 Å². The summed E-state index contributed by atoms with van der Waals surface area (Å²) in [6, 6.07) is 12.4. The fraction of sp³-hybridized carbons (Fsp3) is 0.531. The number of amides is 5. The van der Waals surface area contributed by atoms with E-state index >= 15 is 4.39 Å². The van der Waals surface area contributed by atoms with Gasteiger partial charge in [-0.15, -0.1) is 0 Å². The Morgan fingerprint density at radius 3 is 2.12 bits per heavy atom. The highest BCUT2D eigenvalue weighted by molar-refractivity contribution is 6.13. The normalized spacial score (nSPS) is 17.2. The third-order valence-corrected chi connectivity index (χ3v) is 12.0. The average molecular weight is 1040 g/mol. The van der Waals surface area contributed by atoms with Crippen molar-refractivity contribution in [3.05, 3.63) is 89.9 Å². The molecule has 3 aromatic rings. The van der Waals surface area contributed by atoms with Crippen LogP contribution in [-0.4, -0.2) is 170 Å². The number of nitrogens with one attached hydrogen (secondary N) is 2. The first-order chi connectivity index (χ1) is 34.6. The summed E-state index contributed by atoms with van der Waals surface area (Å²) in [4.78, 5) is 81.7. The third kappa shape index (κ3) is 17.5. The Bertz CT molecular complexity index is 2360. The number of hydrogen-bond donors (Lipinski definition) is 4. The molecule has 0 saturated carbocycles. The second-order valence-electron chi connectivity index (χ2n) is 18.4. The number of imidazole rings is 1. The zero-order chi connectivity index (χ0) is 53.3. The van der Waals surface area contributed by atoms with E-state index in [2.05, 4.69) is 15.4 Å². The van der Waals surface area contributed by atoms with Crippen molar-refractivity contribution in [3.63, 3.8) is 0 Å². The molecule has 2 aliphatic heterocycles. The van der Waals surface area contributed by atoms with Crippen LogP contribution < -0.4 is 16.4 Å². The van der Waals surface area contributed by atoms with Crippen molar-refractivity contribution < 1.29 is 79.5 Å². The number of rotatable bonds is 29. The van der Waals surface area contributed by atoms with Crippen LogP contribution in [-0.2, 0) is 59.0 Å². The number of carbonyl (C=O) groups is 6. The van der Waals surface area contributed by atoms with Crippen LogP contribution in [0.2, 0.25) is 0 Å². The lowest BCUT2D eigenvalue weighted by Crippen LogP contribution is -2.46. The molecule has 0 radical (unpaired) electrons. The molecule has 2 aliphatic rings. The van der Waals surface area contributed by atoms with Gasteiger partial charge in [-0.2, -0.15) is 13.2 Å². The summed E-state index contributed by atoms with van der Waals surface area (Å²) < 4.78 is 94.1. The average Bonchev–Trinajstić information content (AvgIpc) is 4.05. The molecule has 5 N–H and O–H groups in total. The predicted molar refractivity (Wildman–Crippen MR) is 250 cm³/mol. The minimum Gasteiger partial charge on any atom is -0.443 e. The van der Waals surface area contributed by atoms with E-state index < -0.39 is 77.6 Å². The highest BCUT2D eigenvalue weighted by Gasteiger charge is 2.44. The summed E-state index contributed by atoms with van der Waals surface area (Å²) >= 11 is 0. The van der Waals surface area contributed by atoms with Crippen LogP contribution in [0.25, 0.3) is 11.3 Å². The monoisotopic (exact) mass is 1040 g/mol. The number of alkyl halides is 3. The first-order valence-electron chi connectivity index (χ1n) is 23.6. The van der Waals surface area contributed by atoms with E-state index in [1.54, 1.807) is 15.7 Å². The molecule has 5 rings (SSSR count). The predicted octanol–water partition coefficient (Wildman–Crippen LogP) is 2.49. The van der Waals surface area contributed by atoms with Gasteiger partial charge in [-0.3, -0.25) is 28.9 Å². The van der Waals surface area contributed by atoms with E-state index in [0.717, 1.165) is 40.8 Å². The molecule has 19 nitrogen and oxygen atoms in total. The van der Waals surface area contributed by atoms with Crippen LogP contribution >= 0.6 is 0 Å². The van der Waals surface area contributed by atoms with E-state index in [-0.39, 0.29) is 114 Å². The van der Waals surface area contributed by atoms with Gasteiger partial charge in [0.15, 0.2) is 0 Å². The number of aliphatic hydroxyl groups is 1. The maximum Gasteiger partial charge on any atom is 0.490 e. The van der Waals surface area contributed by atoms with E-state index in [0.29, 0.717) is 18.9 Å². The quantitative estimate of drug-likeness (QED) is 0.0338. The number of primary amides is 1. The summed E-state index contributed by atoms with van der Waals surface area (Å²) in [6.07, 6.45) is -5.18. The van der Waals surface area contributed by atoms with Crippen LogP contribution in [0.15, 0.2) is 66.9 Å². The highest BCUT2D eigenvalue weighted by Crippen LogP contribution is 2.39. The summed E-state index contributed by atoms with van der Waals surface area (Å²) in [5.41, 5.74) is 5.12. The molecule has 400 valence electrons. The number of aliphatic hydroxyl groups excluding tert-OH is 1. The van der Waals surface area contributed by atoms with Crippen LogP contribution in [0.3, 0.4) is 0 Å². The number of carbonyl (C=O) groups excluding carboxylic acids is 6. The fourth-order valence-corrected chi connectivity index (χ4v) is 8.15. The molecule has 4 unspecified atom stereocenters. The van der Waals surface area contributed by atoms with Crippen LogP contribution in [0.5, 0.6) is 0 Å². The smallest absolute Gasteiger partial charge is 0.443 e. The molecular weight excluding hydrogens is 974 g/mol. The van der Waals surface area contributed by atoms with Crippen LogP contribution in [0.1, 0.15) is 44.5 Å². The van der Waals surface area contributed by atoms with Gasteiger partial charge < -0.3 is 54.6 Å². The maximum absolute atomic E-state index is 15.1. The van der Waals surface area contributed by atoms with Crippen molar-refractivity contribution in [2.24, 2.45) is 23.0 Å². The zero-order valence-corrected chi connectivity index (χ0v) is 40.7. The standard InChI is InChI=1S/C49H62F5N7O12/c1-48(2,3)42(45-58-37(35-23-34(50)9-10-36(35)51)29-60(45)27-31-7-5-4-6-8-31)43(65)46(67)57-26-32-24-56-25-33(32)28-59(39(62)13-14-61-40(63)11-12-41(61)64)15-16-69-17-18-70-19-20-71-21-22-72-30-38(44(55)66)73-47(68)49(52,53)54/h4-12,23,29,32-33,38,42-43,56,65H,13-22,24-28,30H2,1-3H3,(H2,55,66)(H,57,67)/t32?,33?,38?,42-,43?/m0/s1. The molecule has 1 saturated heterocycles. The number of nitrogens with two attached hydrogens (primary N) is 1. The van der Waals surface area contributed by atoms with E-state index in [4.69, 9.17) is 29.7 Å². The maximum atomic E-state index is 15.1. The molecular formula is C49H62F5N7O12. The number of aromatic nitrogens is 2. The second-order valence-corrected chi connectivity index (χ2v) is 18.4. The Balaban J connectivity index is 1.13. The van der Waals surface area contributed by atoms with Crippen molar-refractivity contribution in [2.75, 3.05) is 92.1 Å². The number of nitrogens with zero attached hydrogens (tertiary/aromatic N) is 4. The molecule has 0 aliphatic carbocycles. The zero-order valence-electron chi connectivity index (χ0n) is 40.7. The lowest BCUT2D eigenvalue weighted by molar-refractivity contribution is -0.207. The summed E-state index contributed by atoms with van der Waals surface area (Å²) in [6.45, 7) is 6.78. The third-order valence-electron chi connectivity index (χ3n) is 12.0. The SMILES string of the molecule is CC(C)(C)[C@H](c1nc(-c2cc(F)ccc2F)cn1Cc1ccccc1)C(O)C(=O)NCC1CNCC1CN(CCOCCOCCOCCOCC(OC(=O)C(F)(F)F)C(N)=O)C(=O)CCN1C(=O)C=CC1=O. The lowest BCUT2D eigenvalue weighted by atomic mass is 9.76. The van der Waals surface area contributed by atoms with Crippen molar-refractivity contribution >= 4 is 35.5 Å². The van der Waals surface area contributed by atoms with Crippen LogP contribution in [0, 0.1) is 28.9 Å². The molecule has 1 fully saturated rings. The minimum absolute atomic E-state index is 0.0317. The van der Waals surface area contributed by atoms with Crippen molar-refractivity contribution in [1.29, 1.82) is 0 Å². The number of ether oxygens (including phenoxy) is 5. The summed E-state index contributed by atoms with van der Waals surface area (Å²) in [7, 11) is 0. The van der Waals surface area contributed by atoms with Crippen molar-refractivity contribution in [1.82, 2.24) is 30.0 Å². The molecule has 0 spiro atoms. The Labute approximate surface area is 418 Å². The Hall–Kier alpha value is -6.18. The van der Waals surface area contributed by atoms with Gasteiger partial charge in [0.2, 0.25) is 17.9 Å².